The quantitative estimate of drug-likeness (QED) is 0.527. The first kappa shape index (κ1) is 24.2. The number of hydrogen-bond donors (Lipinski definition) is 1. The van der Waals surface area contributed by atoms with E-state index in [9.17, 15) is 14.4 Å². The summed E-state index contributed by atoms with van der Waals surface area (Å²) in [7, 11) is 0. The minimum absolute atomic E-state index is 0.0511. The molecule has 9 heteroatoms. The highest BCUT2D eigenvalue weighted by atomic mass is 16.8. The summed E-state index contributed by atoms with van der Waals surface area (Å²) in [6.07, 6.45) is 5.62. The summed E-state index contributed by atoms with van der Waals surface area (Å²) in [6, 6.07) is 5.22. The van der Waals surface area contributed by atoms with Gasteiger partial charge in [0.15, 0.2) is 12.1 Å². The van der Waals surface area contributed by atoms with Crippen LogP contribution >= 0.6 is 0 Å². The molecule has 184 valence electrons. The number of carbonyl (C=O) groups is 3. The van der Waals surface area contributed by atoms with E-state index in [1.807, 2.05) is 20.8 Å². The summed E-state index contributed by atoms with van der Waals surface area (Å²) in [5.74, 6) is 0.0213. The van der Waals surface area contributed by atoms with Gasteiger partial charge in [0.05, 0.1) is 18.5 Å². The Balaban J connectivity index is 1.36. The average Bonchev–Trinajstić information content (AvgIpc) is 3.19. The molecule has 0 bridgehead atoms. The second kappa shape index (κ2) is 9.76. The van der Waals surface area contributed by atoms with Crippen molar-refractivity contribution in [2.45, 2.75) is 70.4 Å². The number of hydrogen-bond acceptors (Lipinski definition) is 7. The zero-order valence-corrected chi connectivity index (χ0v) is 19.9. The van der Waals surface area contributed by atoms with Crippen molar-refractivity contribution in [3.05, 3.63) is 35.4 Å². The lowest BCUT2D eigenvalue weighted by Crippen LogP contribution is -2.46. The molecule has 3 aliphatic heterocycles. The molecule has 1 aromatic carbocycles. The number of likely N-dealkylation sites (tertiary alicyclic amines) is 1. The van der Waals surface area contributed by atoms with E-state index in [1.54, 1.807) is 29.2 Å². The summed E-state index contributed by atoms with van der Waals surface area (Å²) >= 11 is 0. The molecule has 4 rings (SSSR count). The molecule has 0 aromatic heterocycles. The van der Waals surface area contributed by atoms with E-state index in [1.165, 1.54) is 6.08 Å². The van der Waals surface area contributed by atoms with Crippen LogP contribution in [-0.4, -0.2) is 59.9 Å². The van der Waals surface area contributed by atoms with Crippen molar-refractivity contribution in [1.29, 1.82) is 0 Å². The van der Waals surface area contributed by atoms with Crippen molar-refractivity contribution in [3.8, 4) is 5.75 Å². The molecule has 1 N–H and O–H groups in total. The monoisotopic (exact) mass is 472 g/mol. The number of nitrogens with one attached hydrogen (secondary N) is 1. The molecule has 3 aliphatic rings. The van der Waals surface area contributed by atoms with Gasteiger partial charge in [-0.1, -0.05) is 6.07 Å². The molecule has 2 atom stereocenters. The van der Waals surface area contributed by atoms with E-state index in [0.29, 0.717) is 43.0 Å². The van der Waals surface area contributed by atoms with Gasteiger partial charge in [-0.2, -0.15) is 0 Å². The average molecular weight is 473 g/mol. The van der Waals surface area contributed by atoms with Crippen LogP contribution in [0, 0.1) is 0 Å². The molecule has 2 unspecified atom stereocenters. The Kier molecular flexibility index (Phi) is 6.95. The summed E-state index contributed by atoms with van der Waals surface area (Å²) in [4.78, 5) is 44.3. The maximum Gasteiger partial charge on any atom is 0.410 e. The number of ketones is 1. The van der Waals surface area contributed by atoms with Crippen LogP contribution in [0.15, 0.2) is 24.3 Å². The fourth-order valence-corrected chi connectivity index (χ4v) is 4.30. The zero-order valence-electron chi connectivity index (χ0n) is 19.9. The van der Waals surface area contributed by atoms with Crippen molar-refractivity contribution >= 4 is 23.9 Å². The third-order valence-corrected chi connectivity index (χ3v) is 5.94. The second-order valence-electron chi connectivity index (χ2n) is 10.0. The van der Waals surface area contributed by atoms with Crippen LogP contribution in [0.5, 0.6) is 5.75 Å². The first-order valence-corrected chi connectivity index (χ1v) is 11.7. The Labute approximate surface area is 199 Å². The molecule has 9 nitrogen and oxygen atoms in total. The van der Waals surface area contributed by atoms with Gasteiger partial charge < -0.3 is 19.1 Å². The molecular formula is C25H32N2O7. The Morgan fingerprint density at radius 2 is 2.09 bits per heavy atom. The van der Waals surface area contributed by atoms with E-state index in [2.05, 4.69) is 5.48 Å². The number of amides is 2. The number of ether oxygens (including phenoxy) is 3. The van der Waals surface area contributed by atoms with Crippen LogP contribution < -0.4 is 10.2 Å². The third kappa shape index (κ3) is 5.95. The normalized spacial score (nSPS) is 24.7. The molecule has 2 amide bonds. The predicted molar refractivity (Wildman–Crippen MR) is 123 cm³/mol. The van der Waals surface area contributed by atoms with Crippen molar-refractivity contribution in [3.63, 3.8) is 0 Å². The lowest BCUT2D eigenvalue weighted by Gasteiger charge is -2.35. The Bertz CT molecular complexity index is 978. The van der Waals surface area contributed by atoms with Crippen molar-refractivity contribution in [1.82, 2.24) is 10.4 Å². The van der Waals surface area contributed by atoms with E-state index in [4.69, 9.17) is 19.0 Å². The van der Waals surface area contributed by atoms with E-state index in [0.717, 1.165) is 19.3 Å². The van der Waals surface area contributed by atoms with E-state index in [-0.39, 0.29) is 12.2 Å². The van der Waals surface area contributed by atoms with Gasteiger partial charge in [-0.05, 0) is 57.4 Å². The maximum absolute atomic E-state index is 13.0. The van der Waals surface area contributed by atoms with Crippen LogP contribution in [0.1, 0.15) is 68.8 Å². The first-order chi connectivity index (χ1) is 16.1. The largest absolute Gasteiger partial charge is 0.484 e. The summed E-state index contributed by atoms with van der Waals surface area (Å²) in [5, 5.41) is 0. The van der Waals surface area contributed by atoms with Gasteiger partial charge in [-0.15, -0.1) is 0 Å². The van der Waals surface area contributed by atoms with Crippen LogP contribution in [0.2, 0.25) is 0 Å². The van der Waals surface area contributed by atoms with Crippen molar-refractivity contribution in [2.75, 3.05) is 19.7 Å². The molecule has 1 aromatic rings. The maximum atomic E-state index is 13.0. The van der Waals surface area contributed by atoms with Gasteiger partial charge in [-0.3, -0.25) is 9.59 Å². The molecule has 0 saturated carbocycles. The molecule has 0 radical (unpaired) electrons. The minimum atomic E-state index is -0.739. The second-order valence-corrected chi connectivity index (χ2v) is 10.0. The Morgan fingerprint density at radius 1 is 1.26 bits per heavy atom. The molecule has 2 saturated heterocycles. The molecule has 1 spiro atoms. The lowest BCUT2D eigenvalue weighted by atomic mass is 9.88. The highest BCUT2D eigenvalue weighted by Crippen LogP contribution is 2.39. The van der Waals surface area contributed by atoms with Crippen LogP contribution in [0.3, 0.4) is 0 Å². The molecule has 2 fully saturated rings. The number of fused-ring (bicyclic) bond motifs is 1. The summed E-state index contributed by atoms with van der Waals surface area (Å²) < 4.78 is 17.1. The first-order valence-electron chi connectivity index (χ1n) is 11.7. The summed E-state index contributed by atoms with van der Waals surface area (Å²) in [5.41, 5.74) is 2.21. The topological polar surface area (TPSA) is 103 Å². The zero-order chi connectivity index (χ0) is 24.3. The van der Waals surface area contributed by atoms with Gasteiger partial charge in [0.1, 0.15) is 17.0 Å². The number of hydroxylamine groups is 1. The van der Waals surface area contributed by atoms with Crippen molar-refractivity contribution in [2.24, 2.45) is 0 Å². The molecular weight excluding hydrogens is 440 g/mol. The van der Waals surface area contributed by atoms with Crippen molar-refractivity contribution < 1.29 is 33.4 Å². The number of nitrogens with zero attached hydrogens (tertiary/aromatic N) is 1. The molecule has 3 heterocycles. The molecule has 34 heavy (non-hydrogen) atoms. The van der Waals surface area contributed by atoms with Gasteiger partial charge in [0.2, 0.25) is 0 Å². The van der Waals surface area contributed by atoms with Gasteiger partial charge in [-0.25, -0.2) is 15.1 Å². The summed E-state index contributed by atoms with van der Waals surface area (Å²) in [6.45, 7) is 6.87. The highest BCUT2D eigenvalue weighted by molar-refractivity contribution is 6.01. The number of carbonyl (C=O) groups excluding carboxylic acids is 3. The predicted octanol–water partition coefficient (Wildman–Crippen LogP) is 3.62. The highest BCUT2D eigenvalue weighted by Gasteiger charge is 2.47. The number of benzene rings is 1. The Hall–Kier alpha value is -2.91. The third-order valence-electron chi connectivity index (χ3n) is 5.94. The SMILES string of the molecule is CC(C)(C)OC(=O)N1CCC2(CC(=O)c3cc(C=CC(=O)NOC4CCCCO4)ccc3O2)C1. The smallest absolute Gasteiger partial charge is 0.410 e. The lowest BCUT2D eigenvalue weighted by molar-refractivity contribution is -0.198. The van der Waals surface area contributed by atoms with Gasteiger partial charge >= 0.3 is 6.09 Å². The fourth-order valence-electron chi connectivity index (χ4n) is 4.30. The Morgan fingerprint density at radius 3 is 2.82 bits per heavy atom. The number of Topliss-reactive ketones (excluding diaryl/α,β-unsaturated/α-hetero) is 1. The number of rotatable bonds is 4. The van der Waals surface area contributed by atoms with E-state index >= 15 is 0 Å². The van der Waals surface area contributed by atoms with Crippen LogP contribution in [0.4, 0.5) is 4.79 Å². The van der Waals surface area contributed by atoms with Crippen LogP contribution in [0.25, 0.3) is 6.08 Å². The standard InChI is InChI=1S/C25H32N2O7/c1-24(2,3)33-23(30)27-12-11-25(16-27)15-19(28)18-14-17(7-9-20(18)32-25)8-10-21(29)26-34-22-6-4-5-13-31-22/h7-10,14,22H,4-6,11-13,15-16H2,1-3H3,(H,26,29). The van der Waals surface area contributed by atoms with Gasteiger partial charge in [0.25, 0.3) is 5.91 Å². The minimum Gasteiger partial charge on any atom is -0.484 e. The van der Waals surface area contributed by atoms with E-state index < -0.39 is 29.5 Å². The molecule has 0 aliphatic carbocycles. The van der Waals surface area contributed by atoms with Crippen LogP contribution in [-0.2, 0) is 19.1 Å². The van der Waals surface area contributed by atoms with Gasteiger partial charge in [0, 0.05) is 32.1 Å². The fraction of sp³-hybridized carbons (Fsp3) is 0.560.